The highest BCUT2D eigenvalue weighted by atomic mass is 79.9. The summed E-state index contributed by atoms with van der Waals surface area (Å²) >= 11 is 3.25. The SMILES string of the molecule is O=C(OC(C(=O)Nc1ccc([N+](=O)[O-])cc1Br)c1ccccc1)c1cc(-c2ccco2)nc2ccccc12. The number of rotatable bonds is 7. The molecule has 0 radical (unpaired) electrons. The third-order valence-corrected chi connectivity index (χ3v) is 6.35. The Labute approximate surface area is 224 Å². The van der Waals surface area contributed by atoms with Crippen LogP contribution in [0.2, 0.25) is 0 Å². The standard InChI is InChI=1S/C28H18BrN3O6/c29-21-15-18(32(35)36)12-13-23(21)31-27(33)26(17-7-2-1-3-8-17)38-28(34)20-16-24(25-11-6-14-37-25)30-22-10-5-4-9-19(20)22/h1-16,26H,(H,31,33). The van der Waals surface area contributed by atoms with Crippen LogP contribution in [-0.4, -0.2) is 21.8 Å². The number of furan rings is 1. The lowest BCUT2D eigenvalue weighted by Crippen LogP contribution is -2.26. The first-order valence-corrected chi connectivity index (χ1v) is 12.1. The van der Waals surface area contributed by atoms with Crippen molar-refractivity contribution in [1.29, 1.82) is 0 Å². The topological polar surface area (TPSA) is 125 Å². The van der Waals surface area contributed by atoms with Crippen molar-refractivity contribution in [2.75, 3.05) is 5.32 Å². The summed E-state index contributed by atoms with van der Waals surface area (Å²) < 4.78 is 11.6. The number of hydrogen-bond donors (Lipinski definition) is 1. The number of nitro groups is 1. The number of nitrogens with one attached hydrogen (secondary N) is 1. The number of nitrogens with zero attached hydrogens (tertiary/aromatic N) is 2. The minimum atomic E-state index is -1.32. The Hall–Kier alpha value is -4.83. The zero-order valence-corrected chi connectivity index (χ0v) is 21.1. The molecular formula is C28H18BrN3O6. The second-order valence-corrected chi connectivity index (χ2v) is 9.01. The number of esters is 1. The van der Waals surface area contributed by atoms with E-state index in [0.29, 0.717) is 32.4 Å². The molecule has 0 saturated carbocycles. The minimum absolute atomic E-state index is 0.141. The molecule has 1 N–H and O–H groups in total. The molecular weight excluding hydrogens is 554 g/mol. The summed E-state index contributed by atoms with van der Waals surface area (Å²) in [7, 11) is 0. The molecule has 5 aromatic rings. The van der Waals surface area contributed by atoms with Gasteiger partial charge in [0.15, 0.2) is 5.76 Å². The van der Waals surface area contributed by atoms with Crippen LogP contribution in [0.25, 0.3) is 22.4 Å². The molecule has 1 atom stereocenters. The number of carbonyl (C=O) groups is 2. The predicted octanol–water partition coefficient (Wildman–Crippen LogP) is 6.70. The van der Waals surface area contributed by atoms with Gasteiger partial charge in [0.1, 0.15) is 5.69 Å². The highest BCUT2D eigenvalue weighted by Gasteiger charge is 2.28. The van der Waals surface area contributed by atoms with Gasteiger partial charge in [-0.1, -0.05) is 48.5 Å². The van der Waals surface area contributed by atoms with Crippen molar-refractivity contribution in [1.82, 2.24) is 4.98 Å². The van der Waals surface area contributed by atoms with E-state index in [0.717, 1.165) is 0 Å². The Bertz CT molecular complexity index is 1650. The fraction of sp³-hybridized carbons (Fsp3) is 0.0357. The van der Waals surface area contributed by atoms with Crippen LogP contribution < -0.4 is 5.32 Å². The molecule has 0 aliphatic rings. The van der Waals surface area contributed by atoms with Gasteiger partial charge >= 0.3 is 5.97 Å². The molecule has 0 saturated heterocycles. The first-order valence-electron chi connectivity index (χ1n) is 11.3. The molecule has 0 spiro atoms. The minimum Gasteiger partial charge on any atom is -0.463 e. The molecule has 1 amide bonds. The van der Waals surface area contributed by atoms with Crippen LogP contribution in [0.4, 0.5) is 11.4 Å². The quantitative estimate of drug-likeness (QED) is 0.131. The van der Waals surface area contributed by atoms with Crippen LogP contribution in [0.3, 0.4) is 0 Å². The molecule has 1 unspecified atom stereocenters. The van der Waals surface area contributed by atoms with Crippen LogP contribution >= 0.6 is 15.9 Å². The zero-order chi connectivity index (χ0) is 26.6. The first kappa shape index (κ1) is 24.8. The van der Waals surface area contributed by atoms with Crippen LogP contribution in [0, 0.1) is 10.1 Å². The maximum atomic E-state index is 13.6. The van der Waals surface area contributed by atoms with Crippen molar-refractivity contribution in [3.63, 3.8) is 0 Å². The Kier molecular flexibility index (Phi) is 6.96. The number of pyridine rings is 1. The third-order valence-electron chi connectivity index (χ3n) is 5.70. The number of halogens is 1. The molecule has 0 aliphatic heterocycles. The van der Waals surface area contributed by atoms with Gasteiger partial charge in [-0.3, -0.25) is 14.9 Å². The molecule has 10 heteroatoms. The van der Waals surface area contributed by atoms with Gasteiger partial charge in [-0.25, -0.2) is 9.78 Å². The number of ether oxygens (including phenoxy) is 1. The Morgan fingerprint density at radius 1 is 0.974 bits per heavy atom. The molecule has 2 aromatic heterocycles. The van der Waals surface area contributed by atoms with Gasteiger partial charge in [0.25, 0.3) is 11.6 Å². The second kappa shape index (κ2) is 10.7. The van der Waals surface area contributed by atoms with Gasteiger partial charge in [-0.15, -0.1) is 0 Å². The van der Waals surface area contributed by atoms with Crippen molar-refractivity contribution >= 4 is 50.1 Å². The molecule has 5 rings (SSSR count). The van der Waals surface area contributed by atoms with E-state index in [-0.39, 0.29) is 16.9 Å². The molecule has 0 aliphatic carbocycles. The smallest absolute Gasteiger partial charge is 0.340 e. The van der Waals surface area contributed by atoms with E-state index in [1.165, 1.54) is 24.5 Å². The predicted molar refractivity (Wildman–Crippen MR) is 143 cm³/mol. The lowest BCUT2D eigenvalue weighted by Gasteiger charge is -2.19. The highest BCUT2D eigenvalue weighted by Crippen LogP contribution is 2.31. The molecule has 0 fully saturated rings. The highest BCUT2D eigenvalue weighted by molar-refractivity contribution is 9.10. The van der Waals surface area contributed by atoms with Crippen LogP contribution in [-0.2, 0) is 9.53 Å². The number of non-ortho nitro benzene ring substituents is 1. The van der Waals surface area contributed by atoms with Crippen LogP contribution in [0.5, 0.6) is 0 Å². The van der Waals surface area contributed by atoms with E-state index in [1.807, 2.05) is 0 Å². The number of carbonyl (C=O) groups excluding carboxylic acids is 2. The van der Waals surface area contributed by atoms with Crippen molar-refractivity contribution < 1.29 is 23.7 Å². The Balaban J connectivity index is 1.50. The zero-order valence-electron chi connectivity index (χ0n) is 19.5. The first-order chi connectivity index (χ1) is 18.4. The van der Waals surface area contributed by atoms with Crippen molar-refractivity contribution in [3.05, 3.63) is 123 Å². The lowest BCUT2D eigenvalue weighted by atomic mass is 10.1. The normalized spacial score (nSPS) is 11.6. The number of hydrogen-bond acceptors (Lipinski definition) is 7. The van der Waals surface area contributed by atoms with E-state index < -0.39 is 22.9 Å². The third kappa shape index (κ3) is 5.16. The average molecular weight is 572 g/mol. The Morgan fingerprint density at radius 2 is 1.74 bits per heavy atom. The second-order valence-electron chi connectivity index (χ2n) is 8.16. The summed E-state index contributed by atoms with van der Waals surface area (Å²) in [6, 6.07) is 24.6. The number of nitro benzene ring substituents is 1. The van der Waals surface area contributed by atoms with Gasteiger partial charge in [0, 0.05) is 27.6 Å². The maximum Gasteiger partial charge on any atom is 0.340 e. The van der Waals surface area contributed by atoms with Crippen LogP contribution in [0.1, 0.15) is 22.0 Å². The molecule has 188 valence electrons. The number of fused-ring (bicyclic) bond motifs is 1. The molecule has 3 aromatic carbocycles. The van der Waals surface area contributed by atoms with E-state index >= 15 is 0 Å². The van der Waals surface area contributed by atoms with E-state index in [4.69, 9.17) is 9.15 Å². The van der Waals surface area contributed by atoms with Crippen molar-refractivity contribution in [2.45, 2.75) is 6.10 Å². The van der Waals surface area contributed by atoms with Crippen molar-refractivity contribution in [2.24, 2.45) is 0 Å². The van der Waals surface area contributed by atoms with Gasteiger partial charge in [0.05, 0.1) is 28.0 Å². The van der Waals surface area contributed by atoms with Gasteiger partial charge in [0.2, 0.25) is 6.10 Å². The molecule has 2 heterocycles. The summed E-state index contributed by atoms with van der Waals surface area (Å²) in [4.78, 5) is 42.1. The lowest BCUT2D eigenvalue weighted by molar-refractivity contribution is -0.384. The maximum absolute atomic E-state index is 13.6. The molecule has 0 bridgehead atoms. The van der Waals surface area contributed by atoms with E-state index in [2.05, 4.69) is 26.2 Å². The molecule has 38 heavy (non-hydrogen) atoms. The van der Waals surface area contributed by atoms with Gasteiger partial charge in [-0.2, -0.15) is 0 Å². The Morgan fingerprint density at radius 3 is 2.45 bits per heavy atom. The van der Waals surface area contributed by atoms with Crippen LogP contribution in [0.15, 0.2) is 106 Å². The van der Waals surface area contributed by atoms with E-state index in [1.54, 1.807) is 72.8 Å². The summed E-state index contributed by atoms with van der Waals surface area (Å²) in [5.41, 5.74) is 1.80. The summed E-state index contributed by atoms with van der Waals surface area (Å²) in [5.74, 6) is -0.892. The average Bonchev–Trinajstić information content (AvgIpc) is 3.47. The van der Waals surface area contributed by atoms with Gasteiger partial charge in [-0.05, 0) is 46.3 Å². The monoisotopic (exact) mass is 571 g/mol. The van der Waals surface area contributed by atoms with E-state index in [9.17, 15) is 19.7 Å². The fourth-order valence-electron chi connectivity index (χ4n) is 3.88. The summed E-state index contributed by atoms with van der Waals surface area (Å²) in [5, 5.41) is 14.3. The van der Waals surface area contributed by atoms with Crippen molar-refractivity contribution in [3.8, 4) is 11.5 Å². The summed E-state index contributed by atoms with van der Waals surface area (Å²) in [6.45, 7) is 0. The van der Waals surface area contributed by atoms with Gasteiger partial charge < -0.3 is 14.5 Å². The fourth-order valence-corrected chi connectivity index (χ4v) is 4.35. The number of aromatic nitrogens is 1. The summed E-state index contributed by atoms with van der Waals surface area (Å²) in [6.07, 6.45) is 0.195. The number of para-hydroxylation sites is 1. The number of amides is 1. The molecule has 9 nitrogen and oxygen atoms in total. The largest absolute Gasteiger partial charge is 0.463 e. The number of benzene rings is 3. The number of anilines is 1.